The number of hydrogen-bond acceptors (Lipinski definition) is 4. The molecule has 3 N–H and O–H groups in total. The number of benzene rings is 1. The quantitative estimate of drug-likeness (QED) is 0.663. The van der Waals surface area contributed by atoms with E-state index in [1.807, 2.05) is 29.7 Å². The summed E-state index contributed by atoms with van der Waals surface area (Å²) in [6.45, 7) is 2.08. The fourth-order valence-corrected chi connectivity index (χ4v) is 4.15. The minimum atomic E-state index is 0.116. The molecule has 5 heteroatoms. The largest absolute Gasteiger partial charge is 0.271 e. The first-order chi connectivity index (χ1) is 9.20. The lowest BCUT2D eigenvalue weighted by Gasteiger charge is -2.23. The second kappa shape index (κ2) is 5.00. The van der Waals surface area contributed by atoms with E-state index in [4.69, 9.17) is 5.84 Å². The van der Waals surface area contributed by atoms with Gasteiger partial charge in [-0.3, -0.25) is 16.0 Å². The molecule has 19 heavy (non-hydrogen) atoms. The molecule has 0 aliphatic carbocycles. The molecule has 0 saturated carbocycles. The standard InChI is InChI=1S/C14H18N4S/c1-9-8-16-18(2)14(9)13(17-15)12-7-10-5-3-4-6-11(10)19-12/h3-6,8,12-13,17H,7,15H2,1-2H3. The summed E-state index contributed by atoms with van der Waals surface area (Å²) in [6.07, 6.45) is 2.94. The van der Waals surface area contributed by atoms with Gasteiger partial charge in [0.2, 0.25) is 0 Å². The van der Waals surface area contributed by atoms with Gasteiger partial charge in [0, 0.05) is 17.2 Å². The van der Waals surface area contributed by atoms with Crippen molar-refractivity contribution in [2.75, 3.05) is 0 Å². The van der Waals surface area contributed by atoms with Gasteiger partial charge in [-0.1, -0.05) is 18.2 Å². The van der Waals surface area contributed by atoms with Crippen molar-refractivity contribution < 1.29 is 0 Å². The lowest BCUT2D eigenvalue weighted by Crippen LogP contribution is -2.36. The molecule has 0 radical (unpaired) electrons. The van der Waals surface area contributed by atoms with E-state index in [1.54, 1.807) is 0 Å². The van der Waals surface area contributed by atoms with Crippen molar-refractivity contribution >= 4 is 11.8 Å². The van der Waals surface area contributed by atoms with Crippen LogP contribution in [0.2, 0.25) is 0 Å². The smallest absolute Gasteiger partial charge is 0.0756 e. The SMILES string of the molecule is Cc1cnn(C)c1C(NN)C1Cc2ccccc2S1. The number of hydrogen-bond donors (Lipinski definition) is 2. The van der Waals surface area contributed by atoms with Crippen LogP contribution in [-0.4, -0.2) is 15.0 Å². The van der Waals surface area contributed by atoms with Gasteiger partial charge in [0.25, 0.3) is 0 Å². The number of nitrogens with one attached hydrogen (secondary N) is 1. The van der Waals surface area contributed by atoms with Crippen molar-refractivity contribution in [3.8, 4) is 0 Å². The first-order valence-electron chi connectivity index (χ1n) is 6.40. The Morgan fingerprint density at radius 2 is 2.26 bits per heavy atom. The molecular formula is C14H18N4S. The number of hydrazine groups is 1. The Kier molecular flexibility index (Phi) is 3.35. The van der Waals surface area contributed by atoms with E-state index >= 15 is 0 Å². The third kappa shape index (κ3) is 2.18. The number of fused-ring (bicyclic) bond motifs is 1. The molecular weight excluding hydrogens is 256 g/mol. The van der Waals surface area contributed by atoms with Gasteiger partial charge in [-0.25, -0.2) is 0 Å². The van der Waals surface area contributed by atoms with Crippen LogP contribution >= 0.6 is 11.8 Å². The number of aryl methyl sites for hydroxylation is 2. The minimum absolute atomic E-state index is 0.116. The third-order valence-corrected chi connectivity index (χ3v) is 5.09. The van der Waals surface area contributed by atoms with Gasteiger partial charge >= 0.3 is 0 Å². The highest BCUT2D eigenvalue weighted by Crippen LogP contribution is 2.42. The summed E-state index contributed by atoms with van der Waals surface area (Å²) >= 11 is 1.90. The summed E-state index contributed by atoms with van der Waals surface area (Å²) in [5, 5.41) is 4.73. The summed E-state index contributed by atoms with van der Waals surface area (Å²) < 4.78 is 1.92. The van der Waals surface area contributed by atoms with Gasteiger partial charge in [-0.05, 0) is 30.5 Å². The molecule has 1 aliphatic heterocycles. The summed E-state index contributed by atoms with van der Waals surface area (Å²) in [5.74, 6) is 5.81. The van der Waals surface area contributed by atoms with Crippen LogP contribution in [0.1, 0.15) is 22.9 Å². The summed E-state index contributed by atoms with van der Waals surface area (Å²) in [5.41, 5.74) is 6.75. The highest BCUT2D eigenvalue weighted by Gasteiger charge is 2.32. The Morgan fingerprint density at radius 3 is 2.89 bits per heavy atom. The highest BCUT2D eigenvalue weighted by atomic mass is 32.2. The number of thioether (sulfide) groups is 1. The molecule has 2 heterocycles. The zero-order valence-electron chi connectivity index (χ0n) is 11.1. The lowest BCUT2D eigenvalue weighted by atomic mass is 10.0. The van der Waals surface area contributed by atoms with Gasteiger partial charge in [0.05, 0.1) is 17.9 Å². The topological polar surface area (TPSA) is 55.9 Å². The van der Waals surface area contributed by atoms with E-state index < -0.39 is 0 Å². The number of nitrogens with zero attached hydrogens (tertiary/aromatic N) is 2. The fourth-order valence-electron chi connectivity index (χ4n) is 2.76. The van der Waals surface area contributed by atoms with Crippen molar-refractivity contribution in [2.24, 2.45) is 12.9 Å². The maximum absolute atomic E-state index is 5.81. The molecule has 2 atom stereocenters. The van der Waals surface area contributed by atoms with E-state index in [-0.39, 0.29) is 6.04 Å². The summed E-state index contributed by atoms with van der Waals surface area (Å²) in [7, 11) is 1.97. The summed E-state index contributed by atoms with van der Waals surface area (Å²) in [4.78, 5) is 1.37. The van der Waals surface area contributed by atoms with Gasteiger partial charge in [-0.2, -0.15) is 5.10 Å². The molecule has 2 unspecified atom stereocenters. The van der Waals surface area contributed by atoms with Crippen molar-refractivity contribution in [1.82, 2.24) is 15.2 Å². The third-order valence-electron chi connectivity index (χ3n) is 3.70. The Morgan fingerprint density at radius 1 is 1.47 bits per heavy atom. The van der Waals surface area contributed by atoms with Crippen LogP contribution in [0.5, 0.6) is 0 Å². The average Bonchev–Trinajstić information content (AvgIpc) is 2.97. The van der Waals surface area contributed by atoms with Crippen molar-refractivity contribution in [1.29, 1.82) is 0 Å². The Labute approximate surface area is 117 Å². The predicted molar refractivity (Wildman–Crippen MR) is 77.8 cm³/mol. The van der Waals surface area contributed by atoms with E-state index in [0.717, 1.165) is 6.42 Å². The molecule has 2 aromatic rings. The van der Waals surface area contributed by atoms with Crippen molar-refractivity contribution in [3.05, 3.63) is 47.3 Å². The fraction of sp³-hybridized carbons (Fsp3) is 0.357. The molecule has 1 aromatic heterocycles. The molecule has 0 saturated heterocycles. The predicted octanol–water partition coefficient (Wildman–Crippen LogP) is 1.95. The molecule has 3 rings (SSSR count). The van der Waals surface area contributed by atoms with Crippen molar-refractivity contribution in [3.63, 3.8) is 0 Å². The minimum Gasteiger partial charge on any atom is -0.271 e. The van der Waals surface area contributed by atoms with Gasteiger partial charge in [0.15, 0.2) is 0 Å². The van der Waals surface area contributed by atoms with Gasteiger partial charge in [0.1, 0.15) is 0 Å². The average molecular weight is 274 g/mol. The Balaban J connectivity index is 1.90. The van der Waals surface area contributed by atoms with Crippen LogP contribution in [0.15, 0.2) is 35.4 Å². The molecule has 100 valence electrons. The first-order valence-corrected chi connectivity index (χ1v) is 7.28. The van der Waals surface area contributed by atoms with Crippen LogP contribution in [-0.2, 0) is 13.5 Å². The number of aromatic nitrogens is 2. The molecule has 0 spiro atoms. The van der Waals surface area contributed by atoms with Crippen LogP contribution in [0.25, 0.3) is 0 Å². The number of nitrogens with two attached hydrogens (primary N) is 1. The maximum Gasteiger partial charge on any atom is 0.0756 e. The second-order valence-corrected chi connectivity index (χ2v) is 6.23. The van der Waals surface area contributed by atoms with E-state index in [9.17, 15) is 0 Å². The van der Waals surface area contributed by atoms with Gasteiger partial charge < -0.3 is 0 Å². The van der Waals surface area contributed by atoms with Crippen LogP contribution in [0, 0.1) is 6.92 Å². The van der Waals surface area contributed by atoms with Gasteiger partial charge in [-0.15, -0.1) is 11.8 Å². The lowest BCUT2D eigenvalue weighted by molar-refractivity contribution is 0.492. The zero-order valence-corrected chi connectivity index (χ0v) is 11.9. The molecule has 4 nitrogen and oxygen atoms in total. The zero-order chi connectivity index (χ0) is 13.4. The monoisotopic (exact) mass is 274 g/mol. The van der Waals surface area contributed by atoms with Crippen LogP contribution < -0.4 is 11.3 Å². The molecule has 0 bridgehead atoms. The second-order valence-electron chi connectivity index (χ2n) is 4.95. The van der Waals surface area contributed by atoms with Crippen LogP contribution in [0.4, 0.5) is 0 Å². The molecule has 0 amide bonds. The highest BCUT2D eigenvalue weighted by molar-refractivity contribution is 8.00. The van der Waals surface area contributed by atoms with E-state index in [2.05, 4.69) is 41.7 Å². The normalized spacial score (nSPS) is 19.4. The number of rotatable bonds is 3. The first kappa shape index (κ1) is 12.7. The van der Waals surface area contributed by atoms with Crippen molar-refractivity contribution in [2.45, 2.75) is 29.5 Å². The maximum atomic E-state index is 5.81. The molecule has 0 fully saturated rings. The molecule has 1 aliphatic rings. The van der Waals surface area contributed by atoms with E-state index in [0.29, 0.717) is 5.25 Å². The Bertz CT molecular complexity index is 548. The molecule has 1 aromatic carbocycles. The van der Waals surface area contributed by atoms with E-state index in [1.165, 1.54) is 21.7 Å². The van der Waals surface area contributed by atoms with Crippen LogP contribution in [0.3, 0.4) is 0 Å². The summed E-state index contributed by atoms with van der Waals surface area (Å²) in [6, 6.07) is 8.69. The Hall–Kier alpha value is -1.30.